The Labute approximate surface area is 123 Å². The van der Waals surface area contributed by atoms with Crippen LogP contribution in [-0.4, -0.2) is 54.5 Å². The normalized spacial score (nSPS) is 33.5. The number of carbonyl (C=O) groups excluding carboxylic acids is 1. The smallest absolute Gasteiger partial charge is 0.227 e. The summed E-state index contributed by atoms with van der Waals surface area (Å²) in [6.07, 6.45) is 7.71. The fraction of sp³-hybridized carbons (Fsp3) is 0.938. The Morgan fingerprint density at radius 3 is 2.65 bits per heavy atom. The van der Waals surface area contributed by atoms with Gasteiger partial charge in [0, 0.05) is 25.2 Å². The largest absolute Gasteiger partial charge is 0.338 e. The molecule has 1 amide bonds. The Morgan fingerprint density at radius 2 is 1.90 bits per heavy atom. The van der Waals surface area contributed by atoms with E-state index in [0.717, 1.165) is 51.7 Å². The van der Waals surface area contributed by atoms with E-state index in [4.69, 9.17) is 5.73 Å². The van der Waals surface area contributed by atoms with E-state index in [2.05, 4.69) is 23.8 Å². The average Bonchev–Trinajstić information content (AvgIpc) is 2.75. The summed E-state index contributed by atoms with van der Waals surface area (Å²) in [5.74, 6) is 0.400. The lowest BCUT2D eigenvalue weighted by molar-refractivity contribution is -0.138. The lowest BCUT2D eigenvalue weighted by Gasteiger charge is -2.34. The molecule has 2 N–H and O–H groups in total. The molecule has 1 aliphatic heterocycles. The molecule has 0 aromatic carbocycles. The molecule has 0 aromatic rings. The molecule has 1 saturated carbocycles. The molecule has 2 rings (SSSR count). The molecule has 0 bridgehead atoms. The molecular weight excluding hydrogens is 250 g/mol. The second-order valence-corrected chi connectivity index (χ2v) is 6.62. The van der Waals surface area contributed by atoms with Crippen molar-refractivity contribution in [2.24, 2.45) is 11.7 Å². The molecule has 4 nitrogen and oxygen atoms in total. The molecule has 2 fully saturated rings. The van der Waals surface area contributed by atoms with Gasteiger partial charge in [0.15, 0.2) is 0 Å². The number of hydrogen-bond donors (Lipinski definition) is 1. The molecular formula is C16H31N3O. The molecule has 1 aliphatic carbocycles. The van der Waals surface area contributed by atoms with Crippen LogP contribution in [0, 0.1) is 5.92 Å². The predicted octanol–water partition coefficient (Wildman–Crippen LogP) is 1.84. The van der Waals surface area contributed by atoms with Gasteiger partial charge < -0.3 is 15.5 Å². The minimum Gasteiger partial charge on any atom is -0.338 e. The zero-order valence-electron chi connectivity index (χ0n) is 13.2. The minimum absolute atomic E-state index is 0.0648. The second kappa shape index (κ2) is 7.41. The second-order valence-electron chi connectivity index (χ2n) is 6.62. The summed E-state index contributed by atoms with van der Waals surface area (Å²) in [6.45, 7) is 5.20. The number of likely N-dealkylation sites (N-methyl/N-ethyl adjacent to an activating group) is 1. The van der Waals surface area contributed by atoms with E-state index in [1.54, 1.807) is 0 Å². The highest BCUT2D eigenvalue weighted by Crippen LogP contribution is 2.26. The van der Waals surface area contributed by atoms with Gasteiger partial charge >= 0.3 is 0 Å². The van der Waals surface area contributed by atoms with E-state index in [1.165, 1.54) is 12.8 Å². The number of carbonyl (C=O) groups is 1. The van der Waals surface area contributed by atoms with E-state index in [9.17, 15) is 4.79 Å². The van der Waals surface area contributed by atoms with Gasteiger partial charge in [-0.15, -0.1) is 0 Å². The maximum Gasteiger partial charge on any atom is 0.227 e. The molecule has 3 atom stereocenters. The van der Waals surface area contributed by atoms with Gasteiger partial charge in [-0.25, -0.2) is 0 Å². The Bertz CT molecular complexity index is 321. The van der Waals surface area contributed by atoms with Crippen LogP contribution < -0.4 is 5.73 Å². The highest BCUT2D eigenvalue weighted by atomic mass is 16.2. The summed E-state index contributed by atoms with van der Waals surface area (Å²) in [5.41, 5.74) is 6.28. The van der Waals surface area contributed by atoms with Crippen LogP contribution in [0.1, 0.15) is 51.9 Å². The molecule has 20 heavy (non-hydrogen) atoms. The zero-order valence-corrected chi connectivity index (χ0v) is 13.2. The fourth-order valence-electron chi connectivity index (χ4n) is 3.74. The van der Waals surface area contributed by atoms with Crippen molar-refractivity contribution in [3.05, 3.63) is 0 Å². The van der Waals surface area contributed by atoms with Crippen LogP contribution in [-0.2, 0) is 4.79 Å². The van der Waals surface area contributed by atoms with E-state index >= 15 is 0 Å². The first-order chi connectivity index (χ1) is 9.63. The topological polar surface area (TPSA) is 49.6 Å². The number of nitrogens with zero attached hydrogens (tertiary/aromatic N) is 2. The van der Waals surface area contributed by atoms with Crippen LogP contribution in [0.2, 0.25) is 0 Å². The van der Waals surface area contributed by atoms with Gasteiger partial charge in [0.1, 0.15) is 0 Å². The van der Waals surface area contributed by atoms with Crippen LogP contribution in [0.3, 0.4) is 0 Å². The number of amides is 1. The average molecular weight is 281 g/mol. The predicted molar refractivity (Wildman–Crippen MR) is 82.5 cm³/mol. The first-order valence-corrected chi connectivity index (χ1v) is 8.38. The van der Waals surface area contributed by atoms with Gasteiger partial charge in [-0.1, -0.05) is 26.2 Å². The summed E-state index contributed by atoms with van der Waals surface area (Å²) in [5, 5.41) is 0. The molecule has 3 unspecified atom stereocenters. The van der Waals surface area contributed by atoms with Crippen molar-refractivity contribution in [3.63, 3.8) is 0 Å². The van der Waals surface area contributed by atoms with E-state index in [1.807, 2.05) is 0 Å². The third-order valence-electron chi connectivity index (χ3n) is 5.04. The van der Waals surface area contributed by atoms with Crippen molar-refractivity contribution in [2.45, 2.75) is 64.0 Å². The van der Waals surface area contributed by atoms with E-state index in [-0.39, 0.29) is 12.0 Å². The number of nitrogens with two attached hydrogens (primary N) is 1. The lowest BCUT2D eigenvalue weighted by atomic mass is 9.93. The van der Waals surface area contributed by atoms with Crippen molar-refractivity contribution < 1.29 is 4.79 Å². The Morgan fingerprint density at radius 1 is 1.15 bits per heavy atom. The van der Waals surface area contributed by atoms with Gasteiger partial charge in [-0.05, 0) is 39.3 Å². The summed E-state index contributed by atoms with van der Waals surface area (Å²) in [6, 6.07) is 0.439. The van der Waals surface area contributed by atoms with Crippen molar-refractivity contribution in [2.75, 3.05) is 26.7 Å². The Balaban J connectivity index is 2.08. The molecule has 0 radical (unpaired) electrons. The van der Waals surface area contributed by atoms with Crippen LogP contribution >= 0.6 is 0 Å². The first-order valence-electron chi connectivity index (χ1n) is 8.38. The van der Waals surface area contributed by atoms with Gasteiger partial charge in [0.25, 0.3) is 0 Å². The molecule has 1 saturated heterocycles. The highest BCUT2D eigenvalue weighted by molar-refractivity contribution is 5.80. The van der Waals surface area contributed by atoms with E-state index < -0.39 is 0 Å². The lowest BCUT2D eigenvalue weighted by Crippen LogP contribution is -2.49. The maximum absolute atomic E-state index is 13.0. The zero-order chi connectivity index (χ0) is 14.5. The molecule has 4 heteroatoms. The van der Waals surface area contributed by atoms with Crippen molar-refractivity contribution in [3.8, 4) is 0 Å². The number of hydrogen-bond acceptors (Lipinski definition) is 3. The molecule has 1 heterocycles. The summed E-state index contributed by atoms with van der Waals surface area (Å²) < 4.78 is 0. The minimum atomic E-state index is 0.0648. The highest BCUT2D eigenvalue weighted by Gasteiger charge is 2.34. The molecule has 116 valence electrons. The van der Waals surface area contributed by atoms with Crippen molar-refractivity contribution in [1.29, 1.82) is 0 Å². The third kappa shape index (κ3) is 3.73. The van der Waals surface area contributed by atoms with Gasteiger partial charge in [-0.2, -0.15) is 0 Å². The monoisotopic (exact) mass is 281 g/mol. The van der Waals surface area contributed by atoms with Gasteiger partial charge in [-0.3, -0.25) is 4.79 Å². The summed E-state index contributed by atoms with van der Waals surface area (Å²) in [4.78, 5) is 17.5. The quantitative estimate of drug-likeness (QED) is 0.786. The standard InChI is InChI=1S/C16H31N3O/c1-3-13-12-18(2)10-7-11-19(13)16(20)14-8-5-4-6-9-15(14)17/h13-15H,3-12,17H2,1-2H3. The van der Waals surface area contributed by atoms with Gasteiger partial charge in [0.2, 0.25) is 5.91 Å². The summed E-state index contributed by atoms with van der Waals surface area (Å²) >= 11 is 0. The van der Waals surface area contributed by atoms with Crippen LogP contribution in [0.15, 0.2) is 0 Å². The van der Waals surface area contributed by atoms with Gasteiger partial charge in [0.05, 0.1) is 5.92 Å². The molecule has 0 aromatic heterocycles. The van der Waals surface area contributed by atoms with Crippen LogP contribution in [0.25, 0.3) is 0 Å². The number of rotatable bonds is 2. The maximum atomic E-state index is 13.0. The van der Waals surface area contributed by atoms with E-state index in [0.29, 0.717) is 11.9 Å². The Hall–Kier alpha value is -0.610. The third-order valence-corrected chi connectivity index (χ3v) is 5.04. The summed E-state index contributed by atoms with van der Waals surface area (Å²) in [7, 11) is 2.16. The van der Waals surface area contributed by atoms with Crippen molar-refractivity contribution in [1.82, 2.24) is 9.80 Å². The first kappa shape index (κ1) is 15.8. The molecule has 2 aliphatic rings. The SMILES string of the molecule is CCC1CN(C)CCCN1C(=O)C1CCCCCC1N. The fourth-order valence-corrected chi connectivity index (χ4v) is 3.74. The van der Waals surface area contributed by atoms with Crippen LogP contribution in [0.4, 0.5) is 0 Å². The molecule has 0 spiro atoms. The Kier molecular flexibility index (Phi) is 5.85. The van der Waals surface area contributed by atoms with Crippen LogP contribution in [0.5, 0.6) is 0 Å². The van der Waals surface area contributed by atoms with Crippen molar-refractivity contribution >= 4 is 5.91 Å².